The summed E-state index contributed by atoms with van der Waals surface area (Å²) in [5.41, 5.74) is 6.89. The van der Waals surface area contributed by atoms with Gasteiger partial charge < -0.3 is 15.0 Å². The van der Waals surface area contributed by atoms with Crippen LogP contribution in [0.15, 0.2) is 28.8 Å². The van der Waals surface area contributed by atoms with E-state index in [-0.39, 0.29) is 6.04 Å². The highest BCUT2D eigenvalue weighted by molar-refractivity contribution is 5.63. The van der Waals surface area contributed by atoms with Crippen molar-refractivity contribution < 1.29 is 9.26 Å². The SMILES string of the molecule is CC[C@H](C)[C@H](N)c1nc(-c2ccccc2OC)no1. The molecule has 19 heavy (non-hydrogen) atoms. The van der Waals surface area contributed by atoms with Crippen LogP contribution >= 0.6 is 0 Å². The summed E-state index contributed by atoms with van der Waals surface area (Å²) in [4.78, 5) is 4.38. The van der Waals surface area contributed by atoms with Gasteiger partial charge in [-0.25, -0.2) is 0 Å². The van der Waals surface area contributed by atoms with Crippen LogP contribution < -0.4 is 10.5 Å². The van der Waals surface area contributed by atoms with Crippen molar-refractivity contribution >= 4 is 0 Å². The van der Waals surface area contributed by atoms with E-state index in [9.17, 15) is 0 Å². The summed E-state index contributed by atoms with van der Waals surface area (Å²) in [6.07, 6.45) is 0.966. The minimum atomic E-state index is -0.235. The van der Waals surface area contributed by atoms with Gasteiger partial charge in [0.25, 0.3) is 0 Å². The third kappa shape index (κ3) is 2.76. The number of nitrogens with two attached hydrogens (primary N) is 1. The van der Waals surface area contributed by atoms with E-state index in [0.29, 0.717) is 23.4 Å². The Morgan fingerprint density at radius 2 is 2.11 bits per heavy atom. The van der Waals surface area contributed by atoms with Gasteiger partial charge in [-0.3, -0.25) is 0 Å². The molecular formula is C14H19N3O2. The molecule has 0 unspecified atom stereocenters. The Bertz CT molecular complexity index is 539. The molecule has 2 N–H and O–H groups in total. The molecule has 0 bridgehead atoms. The number of hydrogen-bond acceptors (Lipinski definition) is 5. The Morgan fingerprint density at radius 1 is 1.37 bits per heavy atom. The summed E-state index contributed by atoms with van der Waals surface area (Å²) in [7, 11) is 1.62. The molecule has 0 saturated heterocycles. The lowest BCUT2D eigenvalue weighted by molar-refractivity contribution is 0.312. The molecular weight excluding hydrogens is 242 g/mol. The van der Waals surface area contributed by atoms with Crippen LogP contribution in [0, 0.1) is 5.92 Å². The first kappa shape index (κ1) is 13.5. The summed E-state index contributed by atoms with van der Waals surface area (Å²) in [6.45, 7) is 4.15. The Labute approximate surface area is 112 Å². The number of para-hydroxylation sites is 1. The number of hydrogen-bond donors (Lipinski definition) is 1. The standard InChI is InChI=1S/C14H19N3O2/c1-4-9(2)12(15)14-16-13(17-19-14)10-7-5-6-8-11(10)18-3/h5-9,12H,4,15H2,1-3H3/t9-,12-/m0/s1. The maximum Gasteiger partial charge on any atom is 0.244 e. The predicted octanol–water partition coefficient (Wildman–Crippen LogP) is 2.79. The van der Waals surface area contributed by atoms with Crippen LogP contribution in [0.5, 0.6) is 5.75 Å². The Balaban J connectivity index is 2.30. The van der Waals surface area contributed by atoms with E-state index >= 15 is 0 Å². The molecule has 0 amide bonds. The molecule has 0 fully saturated rings. The van der Waals surface area contributed by atoms with Gasteiger partial charge in [-0.1, -0.05) is 37.6 Å². The zero-order chi connectivity index (χ0) is 13.8. The van der Waals surface area contributed by atoms with Crippen molar-refractivity contribution in [3.05, 3.63) is 30.2 Å². The highest BCUT2D eigenvalue weighted by Gasteiger charge is 2.21. The lowest BCUT2D eigenvalue weighted by Crippen LogP contribution is -2.18. The van der Waals surface area contributed by atoms with Crippen LogP contribution in [-0.4, -0.2) is 17.3 Å². The zero-order valence-corrected chi connectivity index (χ0v) is 11.5. The van der Waals surface area contributed by atoms with Gasteiger partial charge in [0.05, 0.1) is 18.7 Å². The van der Waals surface area contributed by atoms with Crippen LogP contribution in [0.25, 0.3) is 11.4 Å². The number of benzene rings is 1. The first-order valence-corrected chi connectivity index (χ1v) is 6.40. The Morgan fingerprint density at radius 3 is 2.79 bits per heavy atom. The maximum absolute atomic E-state index is 6.08. The van der Waals surface area contributed by atoms with E-state index in [4.69, 9.17) is 15.0 Å². The van der Waals surface area contributed by atoms with Crippen molar-refractivity contribution in [3.8, 4) is 17.1 Å². The molecule has 1 aromatic carbocycles. The smallest absolute Gasteiger partial charge is 0.244 e. The molecule has 1 heterocycles. The molecule has 2 rings (SSSR count). The monoisotopic (exact) mass is 261 g/mol. The van der Waals surface area contributed by atoms with E-state index in [2.05, 4.69) is 24.0 Å². The third-order valence-electron chi connectivity index (χ3n) is 3.33. The minimum Gasteiger partial charge on any atom is -0.496 e. The van der Waals surface area contributed by atoms with Crippen molar-refractivity contribution in [1.29, 1.82) is 0 Å². The molecule has 0 aliphatic carbocycles. The van der Waals surface area contributed by atoms with E-state index in [1.54, 1.807) is 7.11 Å². The molecule has 1 aromatic heterocycles. The van der Waals surface area contributed by atoms with E-state index < -0.39 is 0 Å². The quantitative estimate of drug-likeness (QED) is 0.895. The number of nitrogens with zero attached hydrogens (tertiary/aromatic N) is 2. The normalized spacial score (nSPS) is 14.1. The summed E-state index contributed by atoms with van der Waals surface area (Å²) >= 11 is 0. The first-order valence-electron chi connectivity index (χ1n) is 6.40. The number of methoxy groups -OCH3 is 1. The third-order valence-corrected chi connectivity index (χ3v) is 3.33. The fraction of sp³-hybridized carbons (Fsp3) is 0.429. The van der Waals surface area contributed by atoms with E-state index in [1.807, 2.05) is 24.3 Å². The molecule has 0 saturated carbocycles. The second-order valence-corrected chi connectivity index (χ2v) is 4.57. The molecule has 5 nitrogen and oxygen atoms in total. The second kappa shape index (κ2) is 5.84. The highest BCUT2D eigenvalue weighted by atomic mass is 16.5. The van der Waals surface area contributed by atoms with Crippen molar-refractivity contribution in [3.63, 3.8) is 0 Å². The Kier molecular flexibility index (Phi) is 4.16. The summed E-state index contributed by atoms with van der Waals surface area (Å²) in [5.74, 6) is 1.99. The number of rotatable bonds is 5. The lowest BCUT2D eigenvalue weighted by Gasteiger charge is -2.13. The first-order chi connectivity index (χ1) is 9.17. The van der Waals surface area contributed by atoms with Crippen LogP contribution in [0.2, 0.25) is 0 Å². The average molecular weight is 261 g/mol. The van der Waals surface area contributed by atoms with Crippen LogP contribution in [-0.2, 0) is 0 Å². The molecule has 0 radical (unpaired) electrons. The lowest BCUT2D eigenvalue weighted by atomic mass is 10.0. The molecule has 102 valence electrons. The van der Waals surface area contributed by atoms with Crippen LogP contribution in [0.3, 0.4) is 0 Å². The van der Waals surface area contributed by atoms with Gasteiger partial charge in [0, 0.05) is 0 Å². The summed E-state index contributed by atoms with van der Waals surface area (Å²) in [6, 6.07) is 7.32. The minimum absolute atomic E-state index is 0.235. The van der Waals surface area contributed by atoms with Gasteiger partial charge in [0.2, 0.25) is 11.7 Å². The van der Waals surface area contributed by atoms with Gasteiger partial charge in [-0.2, -0.15) is 4.98 Å². The van der Waals surface area contributed by atoms with E-state index in [1.165, 1.54) is 0 Å². The van der Waals surface area contributed by atoms with Crippen LogP contribution in [0.4, 0.5) is 0 Å². The highest BCUT2D eigenvalue weighted by Crippen LogP contribution is 2.29. The molecule has 2 atom stereocenters. The largest absolute Gasteiger partial charge is 0.496 e. The second-order valence-electron chi connectivity index (χ2n) is 4.57. The zero-order valence-electron chi connectivity index (χ0n) is 11.5. The Hall–Kier alpha value is -1.88. The van der Waals surface area contributed by atoms with E-state index in [0.717, 1.165) is 12.0 Å². The van der Waals surface area contributed by atoms with Gasteiger partial charge in [0.15, 0.2) is 0 Å². The molecule has 0 aliphatic heterocycles. The number of ether oxygens (including phenoxy) is 1. The topological polar surface area (TPSA) is 74.2 Å². The van der Waals surface area contributed by atoms with Gasteiger partial charge in [0.1, 0.15) is 5.75 Å². The van der Waals surface area contributed by atoms with Crippen LogP contribution in [0.1, 0.15) is 32.2 Å². The van der Waals surface area contributed by atoms with Crippen molar-refractivity contribution in [2.75, 3.05) is 7.11 Å². The van der Waals surface area contributed by atoms with Crippen molar-refractivity contribution in [1.82, 2.24) is 10.1 Å². The fourth-order valence-electron chi connectivity index (χ4n) is 1.81. The van der Waals surface area contributed by atoms with Gasteiger partial charge in [-0.05, 0) is 18.1 Å². The van der Waals surface area contributed by atoms with Gasteiger partial charge >= 0.3 is 0 Å². The van der Waals surface area contributed by atoms with Crippen molar-refractivity contribution in [2.45, 2.75) is 26.3 Å². The van der Waals surface area contributed by atoms with Crippen molar-refractivity contribution in [2.24, 2.45) is 11.7 Å². The molecule has 0 spiro atoms. The molecule has 0 aliphatic rings. The fourth-order valence-corrected chi connectivity index (χ4v) is 1.81. The predicted molar refractivity (Wildman–Crippen MR) is 72.7 cm³/mol. The molecule has 5 heteroatoms. The van der Waals surface area contributed by atoms with Gasteiger partial charge in [-0.15, -0.1) is 0 Å². The average Bonchev–Trinajstić information content (AvgIpc) is 2.95. The molecule has 2 aromatic rings. The summed E-state index contributed by atoms with van der Waals surface area (Å²) < 4.78 is 10.5. The summed E-state index contributed by atoms with van der Waals surface area (Å²) in [5, 5.41) is 3.99. The maximum atomic E-state index is 6.08. The number of aromatic nitrogens is 2.